The van der Waals surface area contributed by atoms with Gasteiger partial charge in [-0.05, 0) is 0 Å². The molecule has 4 heteroatoms. The molecule has 0 fully saturated rings. The molecule has 1 aliphatic heterocycles. The molecule has 0 aromatic heterocycles. The van der Waals surface area contributed by atoms with Crippen LogP contribution in [0, 0.1) is 10.1 Å². The second-order valence-corrected chi connectivity index (χ2v) is 4.96. The van der Waals surface area contributed by atoms with E-state index in [1.165, 1.54) is 0 Å². The number of hydroxylamine groups is 1. The van der Waals surface area contributed by atoms with Crippen molar-refractivity contribution >= 4 is 5.70 Å². The van der Waals surface area contributed by atoms with Gasteiger partial charge in [0.2, 0.25) is 0 Å². The largest absolute Gasteiger partial charge is 0.699 e. The van der Waals surface area contributed by atoms with E-state index in [4.69, 9.17) is 0 Å². The summed E-state index contributed by atoms with van der Waals surface area (Å²) >= 11 is 0. The Labute approximate surface area is 117 Å². The molecule has 2 aromatic rings. The molecule has 4 nitrogen and oxygen atoms in total. The van der Waals surface area contributed by atoms with Crippen LogP contribution in [0.25, 0.3) is 5.70 Å². The van der Waals surface area contributed by atoms with Crippen molar-refractivity contribution in [3.8, 4) is 0 Å². The van der Waals surface area contributed by atoms with Crippen LogP contribution in [-0.2, 0) is 5.54 Å². The summed E-state index contributed by atoms with van der Waals surface area (Å²) in [5.74, 6) is 0. The zero-order chi connectivity index (χ0) is 14.2. The zero-order valence-corrected chi connectivity index (χ0v) is 11.1. The molecule has 0 N–H and O–H groups in total. The van der Waals surface area contributed by atoms with Crippen molar-refractivity contribution < 1.29 is 4.87 Å². The molecule has 1 unspecified atom stereocenters. The van der Waals surface area contributed by atoms with E-state index in [0.29, 0.717) is 15.7 Å². The van der Waals surface area contributed by atoms with Gasteiger partial charge >= 0.3 is 0 Å². The smallest absolute Gasteiger partial charge is 0.285 e. The normalized spacial score (nSPS) is 22.0. The minimum absolute atomic E-state index is 0.381. The maximum absolute atomic E-state index is 12.3. The van der Waals surface area contributed by atoms with Crippen molar-refractivity contribution in [3.05, 3.63) is 88.0 Å². The van der Waals surface area contributed by atoms with Crippen molar-refractivity contribution in [2.45, 2.75) is 12.5 Å². The summed E-state index contributed by atoms with van der Waals surface area (Å²) in [5.41, 5.74) is 0.936. The van der Waals surface area contributed by atoms with Crippen LogP contribution in [0.15, 0.2) is 66.7 Å². The number of benzene rings is 2. The Morgan fingerprint density at radius 2 is 1.55 bits per heavy atom. The monoisotopic (exact) mass is 266 g/mol. The highest BCUT2D eigenvalue weighted by Gasteiger charge is 2.49. The van der Waals surface area contributed by atoms with Crippen molar-refractivity contribution in [1.29, 1.82) is 0 Å². The Hall–Kier alpha value is -2.46. The Kier molecular flexibility index (Phi) is 2.88. The molecule has 0 aliphatic carbocycles. The van der Waals surface area contributed by atoms with Gasteiger partial charge in [-0.1, -0.05) is 60.7 Å². The maximum atomic E-state index is 12.3. The van der Waals surface area contributed by atoms with Crippen LogP contribution in [0.2, 0.25) is 0 Å². The van der Waals surface area contributed by atoms with Crippen LogP contribution in [0.5, 0.6) is 0 Å². The van der Waals surface area contributed by atoms with E-state index in [-0.39, 0.29) is 0 Å². The van der Waals surface area contributed by atoms with E-state index >= 15 is 0 Å². The van der Waals surface area contributed by atoms with Crippen LogP contribution in [0.3, 0.4) is 0 Å². The highest BCUT2D eigenvalue weighted by atomic mass is 16.6. The molecule has 1 heterocycles. The first-order valence-electron chi connectivity index (χ1n) is 6.41. The molecule has 0 spiro atoms. The Morgan fingerprint density at radius 3 is 2.15 bits per heavy atom. The topological polar surface area (TPSA) is 46.4 Å². The predicted octanol–water partition coefficient (Wildman–Crippen LogP) is 3.45. The number of hydrazine groups is 1. The zero-order valence-electron chi connectivity index (χ0n) is 11.1. The minimum atomic E-state index is -0.978. The Bertz CT molecular complexity index is 667. The first kappa shape index (κ1) is 12.6. The van der Waals surface area contributed by atoms with Gasteiger partial charge in [0, 0.05) is 24.1 Å². The average Bonchev–Trinajstić information content (AvgIpc) is 2.75. The average molecular weight is 266 g/mol. The lowest BCUT2D eigenvalue weighted by molar-refractivity contribution is -0.724. The molecule has 2 aromatic carbocycles. The lowest BCUT2D eigenvalue weighted by Crippen LogP contribution is -2.35. The number of nitrogens with zero attached hydrogens (tertiary/aromatic N) is 2. The summed E-state index contributed by atoms with van der Waals surface area (Å²) in [5, 5.41) is 12.6. The fourth-order valence-corrected chi connectivity index (χ4v) is 2.44. The lowest BCUT2D eigenvalue weighted by atomic mass is 9.92. The maximum Gasteiger partial charge on any atom is 0.285 e. The minimum Gasteiger partial charge on any atom is -0.699 e. The Morgan fingerprint density at radius 1 is 1.00 bits per heavy atom. The van der Waals surface area contributed by atoms with E-state index in [0.717, 1.165) is 11.1 Å². The molecule has 0 bridgehead atoms. The SMILES string of the molecule is CC1(c2ccccc2)C=C(c2ccccc2)N([O-])[N+]1=O. The van der Waals surface area contributed by atoms with Crippen LogP contribution >= 0.6 is 0 Å². The van der Waals surface area contributed by atoms with Gasteiger partial charge in [0.05, 0.1) is 4.91 Å². The molecular formula is C16H14N2O2. The number of hydrogen-bond acceptors (Lipinski definition) is 2. The summed E-state index contributed by atoms with van der Waals surface area (Å²) in [4.78, 5) is 12.8. The molecule has 0 radical (unpaired) electrons. The Balaban J connectivity index is 2.11. The fourth-order valence-electron chi connectivity index (χ4n) is 2.44. The van der Waals surface area contributed by atoms with Crippen LogP contribution in [0.4, 0.5) is 0 Å². The van der Waals surface area contributed by atoms with Gasteiger partial charge in [-0.3, -0.25) is 0 Å². The second-order valence-electron chi connectivity index (χ2n) is 4.96. The first-order valence-corrected chi connectivity index (χ1v) is 6.41. The molecule has 100 valence electrons. The fraction of sp³-hybridized carbons (Fsp3) is 0.125. The summed E-state index contributed by atoms with van der Waals surface area (Å²) in [7, 11) is 0. The van der Waals surface area contributed by atoms with E-state index in [1.54, 1.807) is 13.0 Å². The molecule has 1 aliphatic rings. The number of hydrogen-bond donors (Lipinski definition) is 0. The summed E-state index contributed by atoms with van der Waals surface area (Å²) in [6.45, 7) is 1.75. The highest BCUT2D eigenvalue weighted by molar-refractivity contribution is 5.66. The molecule has 20 heavy (non-hydrogen) atoms. The van der Waals surface area contributed by atoms with Gasteiger partial charge < -0.3 is 5.21 Å². The molecule has 3 rings (SSSR count). The van der Waals surface area contributed by atoms with Gasteiger partial charge in [0.25, 0.3) is 5.54 Å². The predicted molar refractivity (Wildman–Crippen MR) is 77.0 cm³/mol. The third-order valence-corrected chi connectivity index (χ3v) is 3.61. The van der Waals surface area contributed by atoms with E-state index in [2.05, 4.69) is 0 Å². The molecule has 1 atom stereocenters. The second kappa shape index (κ2) is 4.58. The number of rotatable bonds is 2. The van der Waals surface area contributed by atoms with Crippen molar-refractivity contribution in [2.24, 2.45) is 0 Å². The van der Waals surface area contributed by atoms with Crippen LogP contribution < -0.4 is 0 Å². The van der Waals surface area contributed by atoms with Crippen molar-refractivity contribution in [2.75, 3.05) is 0 Å². The summed E-state index contributed by atoms with van der Waals surface area (Å²) in [6, 6.07) is 18.5. The van der Waals surface area contributed by atoms with E-state index < -0.39 is 5.54 Å². The van der Waals surface area contributed by atoms with Gasteiger partial charge in [-0.25, -0.2) is 0 Å². The number of nitroso groups, excluding NO2 is 1. The van der Waals surface area contributed by atoms with Gasteiger partial charge in [0.15, 0.2) is 0 Å². The van der Waals surface area contributed by atoms with Crippen LogP contribution in [-0.4, -0.2) is 10.0 Å². The quantitative estimate of drug-likeness (QED) is 0.782. The van der Waals surface area contributed by atoms with Crippen molar-refractivity contribution in [1.82, 2.24) is 5.17 Å². The van der Waals surface area contributed by atoms with E-state index in [9.17, 15) is 10.1 Å². The summed E-state index contributed by atoms with van der Waals surface area (Å²) in [6.07, 6.45) is 1.72. The third-order valence-electron chi connectivity index (χ3n) is 3.61. The van der Waals surface area contributed by atoms with E-state index in [1.807, 2.05) is 60.7 Å². The molecule has 0 saturated carbocycles. The first-order chi connectivity index (χ1) is 9.63. The third kappa shape index (κ3) is 1.82. The highest BCUT2D eigenvalue weighted by Crippen LogP contribution is 2.38. The van der Waals surface area contributed by atoms with Gasteiger partial charge in [-0.15, -0.1) is 0 Å². The van der Waals surface area contributed by atoms with Crippen molar-refractivity contribution in [3.63, 3.8) is 0 Å². The summed E-state index contributed by atoms with van der Waals surface area (Å²) < 4.78 is 0. The molecule has 0 amide bonds. The lowest BCUT2D eigenvalue weighted by Gasteiger charge is -2.20. The van der Waals surface area contributed by atoms with Gasteiger partial charge in [0.1, 0.15) is 10.6 Å². The molecular weight excluding hydrogens is 252 g/mol. The van der Waals surface area contributed by atoms with Gasteiger partial charge in [-0.2, -0.15) is 5.17 Å². The standard InChI is InChI=1S/C16H14N2O2/c1-16(14-10-6-3-7-11-14)12-15(17(19)18(16)20)13-8-4-2-5-9-13/h2-12H,1H3. The molecule has 0 saturated heterocycles. The van der Waals surface area contributed by atoms with Crippen LogP contribution in [0.1, 0.15) is 18.1 Å².